The molecule has 0 bridgehead atoms. The molecule has 3 rings (SSSR count). The van der Waals surface area contributed by atoms with Gasteiger partial charge in [-0.05, 0) is 30.9 Å². The minimum atomic E-state index is -0.152. The molecule has 0 unspecified atom stereocenters. The molecule has 146 valence electrons. The summed E-state index contributed by atoms with van der Waals surface area (Å²) in [6, 6.07) is 7.20. The van der Waals surface area contributed by atoms with E-state index in [9.17, 15) is 10.1 Å². The molecule has 28 heavy (non-hydrogen) atoms. The second kappa shape index (κ2) is 9.04. The van der Waals surface area contributed by atoms with Crippen molar-refractivity contribution in [2.45, 2.75) is 12.8 Å². The molecule has 1 fully saturated rings. The quantitative estimate of drug-likeness (QED) is 0.817. The number of aromatic nitrogens is 2. The van der Waals surface area contributed by atoms with E-state index in [4.69, 9.17) is 9.47 Å². The number of nitrogens with zero attached hydrogens (tertiary/aromatic N) is 4. The standard InChI is InChI=1S/C20H23N5O3/c1-27-16-9-15(10-17(11-16)28-2)20(26)24-13-14-3-7-25(8-4-14)19-18(12-21)22-5-6-23-19/h5-6,9-11,14H,3-4,7-8,13H2,1-2H3,(H,24,26). The lowest BCUT2D eigenvalue weighted by molar-refractivity contribution is 0.0944. The number of rotatable bonds is 6. The average Bonchev–Trinajstić information content (AvgIpc) is 2.77. The summed E-state index contributed by atoms with van der Waals surface area (Å²) in [5.41, 5.74) is 0.855. The summed E-state index contributed by atoms with van der Waals surface area (Å²) in [4.78, 5) is 22.9. The fourth-order valence-corrected chi connectivity index (χ4v) is 3.27. The number of hydrogen-bond acceptors (Lipinski definition) is 7. The van der Waals surface area contributed by atoms with Crippen LogP contribution in [0.25, 0.3) is 0 Å². The van der Waals surface area contributed by atoms with Crippen LogP contribution in [0.5, 0.6) is 11.5 Å². The first-order valence-corrected chi connectivity index (χ1v) is 9.12. The number of nitrogens with one attached hydrogen (secondary N) is 1. The molecule has 2 aromatic rings. The summed E-state index contributed by atoms with van der Waals surface area (Å²) in [7, 11) is 3.11. The van der Waals surface area contributed by atoms with Gasteiger partial charge in [0.1, 0.15) is 17.6 Å². The lowest BCUT2D eigenvalue weighted by atomic mass is 9.96. The van der Waals surface area contributed by atoms with Crippen LogP contribution in [0.1, 0.15) is 28.9 Å². The van der Waals surface area contributed by atoms with Crippen molar-refractivity contribution in [2.24, 2.45) is 5.92 Å². The van der Waals surface area contributed by atoms with Crippen molar-refractivity contribution < 1.29 is 14.3 Å². The van der Waals surface area contributed by atoms with Crippen molar-refractivity contribution in [1.29, 1.82) is 5.26 Å². The molecular weight excluding hydrogens is 358 g/mol. The van der Waals surface area contributed by atoms with Gasteiger partial charge in [-0.1, -0.05) is 0 Å². The molecule has 0 atom stereocenters. The molecule has 1 saturated heterocycles. The fourth-order valence-electron chi connectivity index (χ4n) is 3.27. The Morgan fingerprint density at radius 2 is 1.82 bits per heavy atom. The minimum absolute atomic E-state index is 0.152. The van der Waals surface area contributed by atoms with Crippen molar-refractivity contribution in [3.8, 4) is 17.6 Å². The predicted octanol–water partition coefficient (Wildman–Crippen LogP) is 2.01. The number of carbonyl (C=O) groups excluding carboxylic acids is 1. The Kier molecular flexibility index (Phi) is 6.27. The first-order valence-electron chi connectivity index (χ1n) is 9.12. The number of ether oxygens (including phenoxy) is 2. The van der Waals surface area contributed by atoms with E-state index in [2.05, 4.69) is 26.3 Å². The van der Waals surface area contributed by atoms with E-state index in [-0.39, 0.29) is 5.91 Å². The third-order valence-corrected chi connectivity index (χ3v) is 4.86. The fraction of sp³-hybridized carbons (Fsp3) is 0.400. The van der Waals surface area contributed by atoms with Gasteiger partial charge in [-0.15, -0.1) is 0 Å². The van der Waals surface area contributed by atoms with E-state index in [1.165, 1.54) is 6.20 Å². The molecule has 0 saturated carbocycles. The highest BCUT2D eigenvalue weighted by Gasteiger charge is 2.23. The number of amides is 1. The van der Waals surface area contributed by atoms with Gasteiger partial charge in [0.05, 0.1) is 14.2 Å². The first-order chi connectivity index (χ1) is 13.6. The number of carbonyl (C=O) groups is 1. The summed E-state index contributed by atoms with van der Waals surface area (Å²) in [5, 5.41) is 12.2. The van der Waals surface area contributed by atoms with Crippen LogP contribution in [0.15, 0.2) is 30.6 Å². The molecular formula is C20H23N5O3. The Labute approximate surface area is 164 Å². The molecule has 1 aromatic heterocycles. The van der Waals surface area contributed by atoms with Crippen molar-refractivity contribution in [1.82, 2.24) is 15.3 Å². The zero-order chi connectivity index (χ0) is 19.9. The van der Waals surface area contributed by atoms with E-state index >= 15 is 0 Å². The highest BCUT2D eigenvalue weighted by molar-refractivity contribution is 5.95. The molecule has 2 heterocycles. The average molecular weight is 381 g/mol. The molecule has 8 heteroatoms. The number of piperidine rings is 1. The van der Waals surface area contributed by atoms with Gasteiger partial charge in [0.25, 0.3) is 5.91 Å². The van der Waals surface area contributed by atoms with Gasteiger partial charge >= 0.3 is 0 Å². The van der Waals surface area contributed by atoms with Gasteiger partial charge < -0.3 is 19.7 Å². The summed E-state index contributed by atoms with van der Waals surface area (Å²) in [5.74, 6) is 2.01. The second-order valence-electron chi connectivity index (χ2n) is 6.58. The lowest BCUT2D eigenvalue weighted by Gasteiger charge is -2.32. The van der Waals surface area contributed by atoms with Crippen molar-refractivity contribution in [2.75, 3.05) is 38.8 Å². The van der Waals surface area contributed by atoms with Gasteiger partial charge in [0, 0.05) is 43.7 Å². The van der Waals surface area contributed by atoms with Crippen molar-refractivity contribution >= 4 is 11.7 Å². The molecule has 1 amide bonds. The third kappa shape index (κ3) is 4.49. The molecule has 8 nitrogen and oxygen atoms in total. The van der Waals surface area contributed by atoms with Crippen molar-refractivity contribution in [3.05, 3.63) is 41.9 Å². The Morgan fingerprint density at radius 3 is 2.43 bits per heavy atom. The number of methoxy groups -OCH3 is 2. The highest BCUT2D eigenvalue weighted by Crippen LogP contribution is 2.24. The molecule has 0 radical (unpaired) electrons. The molecule has 1 aliphatic heterocycles. The number of anilines is 1. The number of benzene rings is 1. The maximum atomic E-state index is 12.5. The summed E-state index contributed by atoms with van der Waals surface area (Å²) in [6.45, 7) is 2.15. The van der Waals surface area contributed by atoms with E-state index in [1.807, 2.05) is 0 Å². The van der Waals surface area contributed by atoms with Crippen LogP contribution in [0.2, 0.25) is 0 Å². The van der Waals surface area contributed by atoms with Gasteiger partial charge in [0.15, 0.2) is 11.5 Å². The zero-order valence-corrected chi connectivity index (χ0v) is 16.0. The van der Waals surface area contributed by atoms with Crippen LogP contribution < -0.4 is 19.7 Å². The summed E-state index contributed by atoms with van der Waals surface area (Å²) < 4.78 is 10.4. The molecule has 0 spiro atoms. The Hall–Kier alpha value is -3.34. The summed E-state index contributed by atoms with van der Waals surface area (Å²) >= 11 is 0. The van der Waals surface area contributed by atoms with Gasteiger partial charge in [-0.25, -0.2) is 9.97 Å². The Bertz CT molecular complexity index is 850. The number of hydrogen-bond donors (Lipinski definition) is 1. The molecule has 1 aliphatic rings. The smallest absolute Gasteiger partial charge is 0.251 e. The monoisotopic (exact) mass is 381 g/mol. The van der Waals surface area contributed by atoms with Gasteiger partial charge in [-0.3, -0.25) is 4.79 Å². The van der Waals surface area contributed by atoms with E-state index < -0.39 is 0 Å². The maximum Gasteiger partial charge on any atom is 0.251 e. The van der Waals surface area contributed by atoms with Gasteiger partial charge in [0.2, 0.25) is 0 Å². The topological polar surface area (TPSA) is 100 Å². The largest absolute Gasteiger partial charge is 0.497 e. The van der Waals surface area contributed by atoms with Crippen LogP contribution in [0.3, 0.4) is 0 Å². The van der Waals surface area contributed by atoms with Crippen molar-refractivity contribution in [3.63, 3.8) is 0 Å². The second-order valence-corrected chi connectivity index (χ2v) is 6.58. The van der Waals surface area contributed by atoms with Crippen LogP contribution >= 0.6 is 0 Å². The third-order valence-electron chi connectivity index (χ3n) is 4.86. The zero-order valence-electron chi connectivity index (χ0n) is 16.0. The lowest BCUT2D eigenvalue weighted by Crippen LogP contribution is -2.39. The Balaban J connectivity index is 1.54. The summed E-state index contributed by atoms with van der Waals surface area (Å²) in [6.07, 6.45) is 4.94. The van der Waals surface area contributed by atoms with Crippen LogP contribution in [-0.4, -0.2) is 49.7 Å². The molecule has 1 N–H and O–H groups in total. The van der Waals surface area contributed by atoms with Crippen LogP contribution in [-0.2, 0) is 0 Å². The van der Waals surface area contributed by atoms with Crippen LogP contribution in [0.4, 0.5) is 5.82 Å². The molecule has 1 aromatic carbocycles. The van der Waals surface area contributed by atoms with E-state index in [0.717, 1.165) is 25.9 Å². The highest BCUT2D eigenvalue weighted by atomic mass is 16.5. The normalized spacial score (nSPS) is 14.2. The predicted molar refractivity (Wildman–Crippen MR) is 104 cm³/mol. The van der Waals surface area contributed by atoms with E-state index in [0.29, 0.717) is 41.0 Å². The SMILES string of the molecule is COc1cc(OC)cc(C(=O)NCC2CCN(c3nccnc3C#N)CC2)c1. The van der Waals surface area contributed by atoms with Gasteiger partial charge in [-0.2, -0.15) is 5.26 Å². The Morgan fingerprint density at radius 1 is 1.18 bits per heavy atom. The van der Waals surface area contributed by atoms with E-state index in [1.54, 1.807) is 38.6 Å². The maximum absolute atomic E-state index is 12.5. The molecule has 0 aliphatic carbocycles. The van der Waals surface area contributed by atoms with Crippen LogP contribution in [0, 0.1) is 17.2 Å². The first kappa shape index (κ1) is 19.4. The minimum Gasteiger partial charge on any atom is -0.497 e. The number of nitriles is 1.